The molecule has 21 heavy (non-hydrogen) atoms. The molecular weight excluding hydrogens is 274 g/mol. The number of carbonyl (C=O) groups excluding carboxylic acids is 2. The zero-order valence-corrected chi connectivity index (χ0v) is 12.3. The van der Waals surface area contributed by atoms with Crippen LogP contribution >= 0.6 is 0 Å². The van der Waals surface area contributed by atoms with Crippen molar-refractivity contribution in [3.8, 4) is 0 Å². The van der Waals surface area contributed by atoms with E-state index in [0.29, 0.717) is 6.54 Å². The Bertz CT molecular complexity index is 522. The molecule has 2 rings (SSSR count). The van der Waals surface area contributed by atoms with Gasteiger partial charge < -0.3 is 15.8 Å². The molecule has 2 heterocycles. The van der Waals surface area contributed by atoms with Crippen molar-refractivity contribution in [1.29, 1.82) is 0 Å². The van der Waals surface area contributed by atoms with Gasteiger partial charge in [0.2, 0.25) is 5.91 Å². The molecule has 8 nitrogen and oxygen atoms in total. The van der Waals surface area contributed by atoms with Crippen LogP contribution in [0.15, 0.2) is 0 Å². The molecule has 116 valence electrons. The first kappa shape index (κ1) is 15.4. The quantitative estimate of drug-likeness (QED) is 0.718. The molecule has 0 bridgehead atoms. The molecule has 0 spiro atoms. The van der Waals surface area contributed by atoms with Crippen LogP contribution in [0.1, 0.15) is 41.9 Å². The summed E-state index contributed by atoms with van der Waals surface area (Å²) in [6.45, 7) is 3.80. The van der Waals surface area contributed by atoms with Crippen LogP contribution in [-0.2, 0) is 16.1 Å². The molecule has 1 aliphatic rings. The number of amides is 1. The smallest absolute Gasteiger partial charge is 0.360 e. The van der Waals surface area contributed by atoms with Crippen LogP contribution in [-0.4, -0.2) is 47.1 Å². The van der Waals surface area contributed by atoms with Gasteiger partial charge in [0.05, 0.1) is 25.3 Å². The number of aromatic nitrogens is 3. The van der Waals surface area contributed by atoms with Crippen molar-refractivity contribution >= 4 is 11.9 Å². The maximum absolute atomic E-state index is 11.9. The number of methoxy groups -OCH3 is 1. The summed E-state index contributed by atoms with van der Waals surface area (Å²) in [5.74, 6) is -1.10. The third kappa shape index (κ3) is 3.38. The molecule has 1 saturated heterocycles. The van der Waals surface area contributed by atoms with Crippen molar-refractivity contribution in [1.82, 2.24) is 20.3 Å². The van der Waals surface area contributed by atoms with Gasteiger partial charge in [-0.15, -0.1) is 5.10 Å². The fraction of sp³-hybridized carbons (Fsp3) is 0.692. The van der Waals surface area contributed by atoms with Gasteiger partial charge in [-0.2, -0.15) is 0 Å². The molecule has 1 aromatic rings. The highest BCUT2D eigenvalue weighted by molar-refractivity contribution is 5.88. The zero-order chi connectivity index (χ0) is 15.4. The van der Waals surface area contributed by atoms with Crippen LogP contribution in [0.3, 0.4) is 0 Å². The minimum atomic E-state index is -0.499. The minimum absolute atomic E-state index is 0.176. The highest BCUT2D eigenvalue weighted by Crippen LogP contribution is 2.28. The molecule has 1 fully saturated rings. The lowest BCUT2D eigenvalue weighted by atomic mass is 9.92. The fourth-order valence-corrected chi connectivity index (χ4v) is 2.55. The second-order valence-electron chi connectivity index (χ2n) is 5.32. The number of nitrogens with one attached hydrogen (secondary N) is 1. The predicted molar refractivity (Wildman–Crippen MR) is 74.6 cm³/mol. The molecule has 8 heteroatoms. The van der Waals surface area contributed by atoms with E-state index in [9.17, 15) is 9.59 Å². The number of nitrogens with zero attached hydrogens (tertiary/aromatic N) is 3. The second kappa shape index (κ2) is 6.66. The van der Waals surface area contributed by atoms with Crippen LogP contribution in [0.4, 0.5) is 0 Å². The van der Waals surface area contributed by atoms with Gasteiger partial charge >= 0.3 is 5.97 Å². The van der Waals surface area contributed by atoms with E-state index in [1.165, 1.54) is 7.11 Å². The molecule has 0 saturated carbocycles. The molecule has 1 unspecified atom stereocenters. The monoisotopic (exact) mass is 295 g/mol. The maximum Gasteiger partial charge on any atom is 0.360 e. The Hall–Kier alpha value is -1.96. The number of primary amides is 1. The van der Waals surface area contributed by atoms with Gasteiger partial charge in [0.1, 0.15) is 0 Å². The van der Waals surface area contributed by atoms with Crippen LogP contribution in [0.2, 0.25) is 0 Å². The van der Waals surface area contributed by atoms with E-state index in [1.54, 1.807) is 11.6 Å². The van der Waals surface area contributed by atoms with Gasteiger partial charge in [0.15, 0.2) is 5.69 Å². The van der Waals surface area contributed by atoms with Crippen LogP contribution in [0.25, 0.3) is 0 Å². The maximum atomic E-state index is 11.9. The molecule has 3 N–H and O–H groups in total. The third-order valence-electron chi connectivity index (χ3n) is 3.81. The average Bonchev–Trinajstić information content (AvgIpc) is 2.90. The number of ether oxygens (including phenoxy) is 1. The molecule has 1 aliphatic heterocycles. The summed E-state index contributed by atoms with van der Waals surface area (Å²) in [5.41, 5.74) is 6.29. The summed E-state index contributed by atoms with van der Waals surface area (Å²) in [6, 6.07) is 0. The molecule has 0 radical (unpaired) electrons. The normalized spacial score (nSPS) is 17.4. The Morgan fingerprint density at radius 2 is 2.14 bits per heavy atom. The van der Waals surface area contributed by atoms with Gasteiger partial charge in [0.25, 0.3) is 0 Å². The van der Waals surface area contributed by atoms with Crippen molar-refractivity contribution in [3.05, 3.63) is 11.4 Å². The van der Waals surface area contributed by atoms with Crippen molar-refractivity contribution in [2.75, 3.05) is 20.2 Å². The molecule has 1 amide bonds. The van der Waals surface area contributed by atoms with Crippen molar-refractivity contribution in [2.24, 2.45) is 11.7 Å². The number of nitrogens with two attached hydrogens (primary N) is 1. The Kier molecular flexibility index (Phi) is 4.89. The summed E-state index contributed by atoms with van der Waals surface area (Å²) in [5, 5.41) is 11.2. The van der Waals surface area contributed by atoms with Gasteiger partial charge in [0, 0.05) is 5.92 Å². The lowest BCUT2D eigenvalue weighted by Crippen LogP contribution is -2.30. The summed E-state index contributed by atoms with van der Waals surface area (Å²) in [4.78, 5) is 23.1. The van der Waals surface area contributed by atoms with Gasteiger partial charge in [-0.1, -0.05) is 12.1 Å². The Labute approximate surface area is 123 Å². The number of rotatable bonds is 5. The molecular formula is C13H21N5O3. The molecule has 0 aliphatic carbocycles. The minimum Gasteiger partial charge on any atom is -0.464 e. The Morgan fingerprint density at radius 1 is 1.48 bits per heavy atom. The first-order valence-corrected chi connectivity index (χ1v) is 7.06. The molecule has 1 atom stereocenters. The van der Waals surface area contributed by atoms with Gasteiger partial charge in [-0.25, -0.2) is 9.48 Å². The van der Waals surface area contributed by atoms with Gasteiger partial charge in [-0.3, -0.25) is 4.79 Å². The second-order valence-corrected chi connectivity index (χ2v) is 5.32. The molecule has 1 aromatic heterocycles. The van der Waals surface area contributed by atoms with Gasteiger partial charge in [-0.05, 0) is 25.9 Å². The SMILES string of the molecule is COC(=O)c1nnn(CC(C)C(N)=O)c1C1CCNCC1. The average molecular weight is 295 g/mol. The fourth-order valence-electron chi connectivity index (χ4n) is 2.55. The van der Waals surface area contributed by atoms with E-state index in [4.69, 9.17) is 10.5 Å². The number of hydrogen-bond acceptors (Lipinski definition) is 6. The van der Waals surface area contributed by atoms with Crippen LogP contribution in [0.5, 0.6) is 0 Å². The van der Waals surface area contributed by atoms with E-state index in [0.717, 1.165) is 31.6 Å². The Morgan fingerprint density at radius 3 is 2.71 bits per heavy atom. The number of esters is 1. The topological polar surface area (TPSA) is 112 Å². The van der Waals surface area contributed by atoms with Crippen molar-refractivity contribution in [3.63, 3.8) is 0 Å². The summed E-state index contributed by atoms with van der Waals surface area (Å²) < 4.78 is 6.39. The first-order chi connectivity index (χ1) is 10.0. The lowest BCUT2D eigenvalue weighted by Gasteiger charge is -2.24. The van der Waals surface area contributed by atoms with E-state index in [-0.39, 0.29) is 17.5 Å². The van der Waals surface area contributed by atoms with Crippen molar-refractivity contribution in [2.45, 2.75) is 32.2 Å². The summed E-state index contributed by atoms with van der Waals surface area (Å²) >= 11 is 0. The lowest BCUT2D eigenvalue weighted by molar-refractivity contribution is -0.121. The zero-order valence-electron chi connectivity index (χ0n) is 12.3. The highest BCUT2D eigenvalue weighted by atomic mass is 16.5. The number of piperidine rings is 1. The highest BCUT2D eigenvalue weighted by Gasteiger charge is 2.29. The largest absolute Gasteiger partial charge is 0.464 e. The predicted octanol–water partition coefficient (Wildman–Crippen LogP) is -0.347. The standard InChI is InChI=1S/C13H21N5O3/c1-8(12(14)19)7-18-11(9-3-5-15-6-4-9)10(16-17-18)13(20)21-2/h8-9,15H,3-7H2,1-2H3,(H2,14,19). The van der Waals surface area contributed by atoms with Crippen LogP contribution < -0.4 is 11.1 Å². The summed E-state index contributed by atoms with van der Waals surface area (Å²) in [6.07, 6.45) is 1.78. The number of hydrogen-bond donors (Lipinski definition) is 2. The number of carbonyl (C=O) groups is 2. The van der Waals surface area contributed by atoms with E-state index in [2.05, 4.69) is 15.6 Å². The van der Waals surface area contributed by atoms with Crippen molar-refractivity contribution < 1.29 is 14.3 Å². The van der Waals surface area contributed by atoms with E-state index in [1.807, 2.05) is 0 Å². The van der Waals surface area contributed by atoms with E-state index < -0.39 is 11.9 Å². The van der Waals surface area contributed by atoms with Crippen LogP contribution in [0, 0.1) is 5.92 Å². The Balaban J connectivity index is 2.33. The third-order valence-corrected chi connectivity index (χ3v) is 3.81. The van der Waals surface area contributed by atoms with E-state index >= 15 is 0 Å². The summed E-state index contributed by atoms with van der Waals surface area (Å²) in [7, 11) is 1.32. The molecule has 0 aromatic carbocycles. The first-order valence-electron chi connectivity index (χ1n) is 7.06.